The van der Waals surface area contributed by atoms with E-state index in [0.29, 0.717) is 5.56 Å². The van der Waals surface area contributed by atoms with Gasteiger partial charge in [0.2, 0.25) is 0 Å². The molecule has 1 amide bonds. The van der Waals surface area contributed by atoms with Crippen LogP contribution in [0.15, 0.2) is 143 Å². The van der Waals surface area contributed by atoms with Crippen molar-refractivity contribution in [2.45, 2.75) is 10.1 Å². The number of benzene rings is 5. The van der Waals surface area contributed by atoms with E-state index in [4.69, 9.17) is 4.98 Å². The maximum Gasteiger partial charge on any atom is 0.271 e. The van der Waals surface area contributed by atoms with Crippen LogP contribution in [0, 0.1) is 0 Å². The van der Waals surface area contributed by atoms with Gasteiger partial charge in [-0.3, -0.25) is 4.79 Å². The third-order valence-corrected chi connectivity index (χ3v) is 9.44. The molecule has 208 valence electrons. The summed E-state index contributed by atoms with van der Waals surface area (Å²) in [6.45, 7) is 0. The first-order valence-electron chi connectivity index (χ1n) is 13.9. The fraction of sp³-hybridized carbons (Fsp3) is 0.0278. The fourth-order valence-corrected chi connectivity index (χ4v) is 7.18. The van der Waals surface area contributed by atoms with Crippen LogP contribution in [0.2, 0.25) is 0 Å². The topological polar surface area (TPSA) is 59.3 Å². The highest BCUT2D eigenvalue weighted by molar-refractivity contribution is 8.00. The summed E-state index contributed by atoms with van der Waals surface area (Å²) >= 11 is 3.41. The quantitative estimate of drug-likeness (QED) is 0.109. The van der Waals surface area contributed by atoms with Crippen molar-refractivity contribution >= 4 is 56.3 Å². The molecule has 1 N–H and O–H groups in total. The van der Waals surface area contributed by atoms with E-state index >= 15 is 0 Å². The number of thioether (sulfide) groups is 1. The molecule has 7 aromatic rings. The molecule has 0 bridgehead atoms. The first kappa shape index (κ1) is 26.9. The van der Waals surface area contributed by atoms with Gasteiger partial charge in [0.15, 0.2) is 4.34 Å². The number of amides is 1. The van der Waals surface area contributed by atoms with Crippen LogP contribution in [0.25, 0.3) is 38.1 Å². The minimum Gasteiger partial charge on any atom is -0.309 e. The van der Waals surface area contributed by atoms with Crippen LogP contribution in [0.4, 0.5) is 0 Å². The van der Waals surface area contributed by atoms with Crippen molar-refractivity contribution in [3.05, 3.63) is 150 Å². The normalized spacial score (nSPS) is 11.4. The molecule has 5 aromatic carbocycles. The highest BCUT2D eigenvalue weighted by atomic mass is 32.2. The summed E-state index contributed by atoms with van der Waals surface area (Å²) in [5.41, 5.74) is 10.6. The molecule has 0 aliphatic carbocycles. The first-order valence-corrected chi connectivity index (χ1v) is 15.7. The smallest absolute Gasteiger partial charge is 0.271 e. The number of hydrazone groups is 1. The number of aromatic nitrogens is 2. The molecule has 7 heteroatoms. The van der Waals surface area contributed by atoms with E-state index < -0.39 is 0 Å². The molecule has 0 atom stereocenters. The third kappa shape index (κ3) is 5.60. The van der Waals surface area contributed by atoms with Gasteiger partial charge in [0, 0.05) is 28.0 Å². The van der Waals surface area contributed by atoms with Gasteiger partial charge in [0.1, 0.15) is 0 Å². The molecule has 0 saturated carbocycles. The molecule has 0 unspecified atom stereocenters. The zero-order valence-electron chi connectivity index (χ0n) is 23.1. The standard InChI is InChI=1S/C36H26N4OS2/c41-35(27-21-19-25(20-22-27)24-42-36-38-31-16-8-10-18-33(31)43-36)39-37-23-30-29-15-7-9-17-32(29)40(28-13-5-2-6-14-28)34(30)26-11-3-1-4-12-26/h1-23H,24H2,(H,39,41). The SMILES string of the molecule is O=C(NN=Cc1c(-c2ccccc2)n(-c2ccccc2)c2ccccc12)c1ccc(CSc2nc3ccccc3s2)cc1. The Morgan fingerprint density at radius 3 is 2.30 bits per heavy atom. The summed E-state index contributed by atoms with van der Waals surface area (Å²) < 4.78 is 4.48. The lowest BCUT2D eigenvalue weighted by Gasteiger charge is -2.12. The lowest BCUT2D eigenvalue weighted by molar-refractivity contribution is 0.0955. The lowest BCUT2D eigenvalue weighted by atomic mass is 10.1. The number of carbonyl (C=O) groups excluding carboxylic acids is 1. The summed E-state index contributed by atoms with van der Waals surface area (Å²) in [6, 6.07) is 44.7. The Labute approximate surface area is 257 Å². The van der Waals surface area contributed by atoms with Crippen molar-refractivity contribution in [2.75, 3.05) is 0 Å². The zero-order valence-corrected chi connectivity index (χ0v) is 24.7. The molecule has 43 heavy (non-hydrogen) atoms. The second-order valence-corrected chi connectivity index (χ2v) is 12.2. The fourth-order valence-electron chi connectivity index (χ4n) is 5.15. The average molecular weight is 595 g/mol. The van der Waals surface area contributed by atoms with Crippen LogP contribution in [0.1, 0.15) is 21.5 Å². The molecular formula is C36H26N4OS2. The van der Waals surface area contributed by atoms with Gasteiger partial charge in [-0.25, -0.2) is 10.4 Å². The van der Waals surface area contributed by atoms with Crippen LogP contribution in [-0.4, -0.2) is 21.7 Å². The monoisotopic (exact) mass is 594 g/mol. The van der Waals surface area contributed by atoms with Gasteiger partial charge in [-0.2, -0.15) is 5.10 Å². The second-order valence-electron chi connectivity index (χ2n) is 9.95. The van der Waals surface area contributed by atoms with Crippen molar-refractivity contribution in [1.82, 2.24) is 15.0 Å². The molecular weight excluding hydrogens is 569 g/mol. The maximum absolute atomic E-state index is 13.0. The molecule has 0 fully saturated rings. The van der Waals surface area contributed by atoms with Crippen LogP contribution < -0.4 is 5.43 Å². The van der Waals surface area contributed by atoms with Crippen LogP contribution >= 0.6 is 23.1 Å². The number of thiazole rings is 1. The Hall–Kier alpha value is -4.98. The minimum absolute atomic E-state index is 0.255. The summed E-state index contributed by atoms with van der Waals surface area (Å²) in [4.78, 5) is 17.7. The van der Waals surface area contributed by atoms with Crippen molar-refractivity contribution < 1.29 is 4.79 Å². The van der Waals surface area contributed by atoms with Crippen LogP contribution in [-0.2, 0) is 5.75 Å². The number of para-hydroxylation sites is 3. The molecule has 2 heterocycles. The summed E-state index contributed by atoms with van der Waals surface area (Å²) in [5, 5.41) is 5.49. The Bertz CT molecular complexity index is 2030. The molecule has 5 nitrogen and oxygen atoms in total. The van der Waals surface area contributed by atoms with Crippen LogP contribution in [0.5, 0.6) is 0 Å². The predicted octanol–water partition coefficient (Wildman–Crippen LogP) is 8.96. The second kappa shape index (κ2) is 12.1. The average Bonchev–Trinajstić information content (AvgIpc) is 3.64. The van der Waals surface area contributed by atoms with Crippen molar-refractivity contribution in [2.24, 2.45) is 5.10 Å². The van der Waals surface area contributed by atoms with E-state index in [1.807, 2.05) is 91.0 Å². The van der Waals surface area contributed by atoms with Crippen molar-refractivity contribution in [1.29, 1.82) is 0 Å². The molecule has 0 spiro atoms. The van der Waals surface area contributed by atoms with Gasteiger partial charge in [-0.1, -0.05) is 103 Å². The molecule has 7 rings (SSSR count). The number of hydrogen-bond acceptors (Lipinski definition) is 5. The Balaban J connectivity index is 1.12. The van der Waals surface area contributed by atoms with Gasteiger partial charge < -0.3 is 4.57 Å². The van der Waals surface area contributed by atoms with Crippen LogP contribution in [0.3, 0.4) is 0 Å². The molecule has 0 saturated heterocycles. The van der Waals surface area contributed by atoms with Gasteiger partial charge in [-0.15, -0.1) is 11.3 Å². The highest BCUT2D eigenvalue weighted by Crippen LogP contribution is 2.35. The number of nitrogens with one attached hydrogen (secondary N) is 1. The van der Waals surface area contributed by atoms with Gasteiger partial charge in [0.25, 0.3) is 5.91 Å². The van der Waals surface area contributed by atoms with E-state index in [2.05, 4.69) is 57.6 Å². The van der Waals surface area contributed by atoms with Crippen molar-refractivity contribution in [3.63, 3.8) is 0 Å². The molecule has 2 aromatic heterocycles. The summed E-state index contributed by atoms with van der Waals surface area (Å²) in [6.07, 6.45) is 1.75. The zero-order chi connectivity index (χ0) is 29.0. The van der Waals surface area contributed by atoms with E-state index in [1.165, 1.54) is 4.70 Å². The van der Waals surface area contributed by atoms with E-state index in [0.717, 1.165) is 54.6 Å². The van der Waals surface area contributed by atoms with E-state index in [-0.39, 0.29) is 5.91 Å². The maximum atomic E-state index is 13.0. The summed E-state index contributed by atoms with van der Waals surface area (Å²) in [7, 11) is 0. The number of fused-ring (bicyclic) bond motifs is 2. The Morgan fingerprint density at radius 1 is 0.814 bits per heavy atom. The summed E-state index contributed by atoms with van der Waals surface area (Å²) in [5.74, 6) is 0.530. The number of carbonyl (C=O) groups is 1. The Kier molecular flexibility index (Phi) is 7.56. The van der Waals surface area contributed by atoms with Gasteiger partial charge in [0.05, 0.1) is 27.6 Å². The predicted molar refractivity (Wildman–Crippen MR) is 179 cm³/mol. The van der Waals surface area contributed by atoms with Gasteiger partial charge >= 0.3 is 0 Å². The van der Waals surface area contributed by atoms with Crippen molar-refractivity contribution in [3.8, 4) is 16.9 Å². The largest absolute Gasteiger partial charge is 0.309 e. The number of rotatable bonds is 8. The minimum atomic E-state index is -0.255. The third-order valence-electron chi connectivity index (χ3n) is 7.19. The first-order chi connectivity index (χ1) is 21.2. The van der Waals surface area contributed by atoms with E-state index in [1.54, 1.807) is 29.3 Å². The highest BCUT2D eigenvalue weighted by Gasteiger charge is 2.18. The molecule has 0 aliphatic rings. The van der Waals surface area contributed by atoms with Gasteiger partial charge in [-0.05, 0) is 53.6 Å². The number of nitrogens with zero attached hydrogens (tertiary/aromatic N) is 3. The molecule has 0 aliphatic heterocycles. The van der Waals surface area contributed by atoms with E-state index in [9.17, 15) is 4.79 Å². The lowest BCUT2D eigenvalue weighted by Crippen LogP contribution is -2.17. The number of hydrogen-bond donors (Lipinski definition) is 1. The molecule has 0 radical (unpaired) electrons. The Morgan fingerprint density at radius 2 is 1.51 bits per heavy atom.